The highest BCUT2D eigenvalue weighted by Gasteiger charge is 2.47. The number of unbranched alkanes of at least 4 members (excludes halogenated alkanes) is 2. The third kappa shape index (κ3) is 11.4. The van der Waals surface area contributed by atoms with Gasteiger partial charge in [0.25, 0.3) is 5.91 Å². The topological polar surface area (TPSA) is 378 Å². The quantitative estimate of drug-likeness (QED) is 0.0350. The first kappa shape index (κ1) is 39.1. The number of hydrogen-bond donors (Lipinski definition) is 11. The van der Waals surface area contributed by atoms with Crippen LogP contribution in [0.5, 0.6) is 0 Å². The smallest absolute Gasteiger partial charge is 0.252 e. The monoisotopic (exact) mass is 705 g/mol. The lowest BCUT2D eigenvalue weighted by atomic mass is 10.1. The molecule has 2 aromatic heterocycles. The molecule has 50 heavy (non-hydrogen) atoms. The highest BCUT2D eigenvalue weighted by molar-refractivity contribution is 5.91. The number of ether oxygens (including phenoxy) is 1. The molecule has 0 unspecified atom stereocenters. The Morgan fingerprint density at radius 1 is 0.860 bits per heavy atom. The first-order valence-electron chi connectivity index (χ1n) is 16.0. The van der Waals surface area contributed by atoms with Crippen LogP contribution in [-0.2, 0) is 23.9 Å². The number of aliphatic imine (C=N–C) groups is 2. The number of carbonyl (C=O) groups is 4. The molecule has 0 radical (unpaired) electrons. The van der Waals surface area contributed by atoms with Crippen molar-refractivity contribution in [3.8, 4) is 0 Å². The van der Waals surface area contributed by atoms with E-state index in [1.54, 1.807) is 0 Å². The second-order valence-electron chi connectivity index (χ2n) is 11.6. The van der Waals surface area contributed by atoms with E-state index in [1.165, 1.54) is 17.2 Å². The lowest BCUT2D eigenvalue weighted by Gasteiger charge is -2.22. The normalized spacial score (nSPS) is 19.6. The van der Waals surface area contributed by atoms with E-state index in [9.17, 15) is 29.4 Å². The number of guanidine groups is 2. The largest absolute Gasteiger partial charge is 0.387 e. The summed E-state index contributed by atoms with van der Waals surface area (Å²) in [5, 5.41) is 29.0. The number of aliphatic hydroxyl groups is 2. The van der Waals surface area contributed by atoms with Gasteiger partial charge in [0.05, 0.1) is 6.33 Å². The Kier molecular flexibility index (Phi) is 14.9. The van der Waals surface area contributed by atoms with Crippen molar-refractivity contribution in [2.45, 2.75) is 88.0 Å². The number of primary amides is 1. The maximum atomic E-state index is 13.1. The minimum Gasteiger partial charge on any atom is -0.387 e. The van der Waals surface area contributed by atoms with Crippen molar-refractivity contribution in [3.63, 3.8) is 0 Å². The van der Waals surface area contributed by atoms with E-state index in [1.807, 2.05) is 0 Å². The zero-order valence-corrected chi connectivity index (χ0v) is 27.5. The minimum atomic E-state index is -1.52. The lowest BCUT2D eigenvalue weighted by Crippen LogP contribution is -2.53. The van der Waals surface area contributed by atoms with Crippen LogP contribution in [0.4, 0.5) is 5.82 Å². The number of nitrogens with one attached hydrogen (secondary N) is 3. The highest BCUT2D eigenvalue weighted by atomic mass is 16.6. The lowest BCUT2D eigenvalue weighted by molar-refractivity contribution is -0.137. The van der Waals surface area contributed by atoms with Gasteiger partial charge in [-0.15, -0.1) is 0 Å². The number of fused-ring (bicyclic) bond motifs is 1. The van der Waals surface area contributed by atoms with E-state index >= 15 is 0 Å². The zero-order valence-electron chi connectivity index (χ0n) is 27.5. The van der Waals surface area contributed by atoms with Crippen molar-refractivity contribution >= 4 is 52.5 Å². The molecule has 2 aromatic rings. The van der Waals surface area contributed by atoms with Gasteiger partial charge in [-0.3, -0.25) is 33.7 Å². The fourth-order valence-corrected chi connectivity index (χ4v) is 5.16. The highest BCUT2D eigenvalue weighted by Crippen LogP contribution is 2.32. The number of carbonyl (C=O) groups excluding carboxylic acids is 4. The number of imidazole rings is 1. The molecule has 1 fully saturated rings. The van der Waals surface area contributed by atoms with Crippen LogP contribution < -0.4 is 50.4 Å². The van der Waals surface area contributed by atoms with E-state index in [0.29, 0.717) is 32.1 Å². The summed E-state index contributed by atoms with van der Waals surface area (Å²) >= 11 is 0. The van der Waals surface area contributed by atoms with Crippen LogP contribution >= 0.6 is 0 Å². The van der Waals surface area contributed by atoms with Crippen molar-refractivity contribution in [2.24, 2.45) is 38.7 Å². The number of rotatable bonds is 20. The van der Waals surface area contributed by atoms with E-state index < -0.39 is 60.3 Å². The Morgan fingerprint density at radius 3 is 2.16 bits per heavy atom. The molecule has 22 nitrogen and oxygen atoms in total. The molecule has 0 bridgehead atoms. The number of aromatic nitrogens is 4. The molecule has 0 spiro atoms. The van der Waals surface area contributed by atoms with Gasteiger partial charge in [0.2, 0.25) is 17.7 Å². The van der Waals surface area contributed by atoms with Crippen molar-refractivity contribution in [2.75, 3.05) is 25.4 Å². The molecule has 1 aliphatic rings. The van der Waals surface area contributed by atoms with Gasteiger partial charge in [-0.25, -0.2) is 15.0 Å². The van der Waals surface area contributed by atoms with Gasteiger partial charge in [0.15, 0.2) is 35.7 Å². The average molecular weight is 706 g/mol. The molecule has 1 aliphatic heterocycles. The second kappa shape index (κ2) is 19.0. The summed E-state index contributed by atoms with van der Waals surface area (Å²) < 4.78 is 7.05. The Labute approximate surface area is 286 Å². The van der Waals surface area contributed by atoms with Crippen LogP contribution in [0.1, 0.15) is 57.6 Å². The number of amides is 4. The number of aliphatic hydroxyl groups excluding tert-OH is 2. The van der Waals surface area contributed by atoms with Crippen LogP contribution in [0.25, 0.3) is 11.2 Å². The Balaban J connectivity index is 1.44. The van der Waals surface area contributed by atoms with E-state index in [0.717, 1.165) is 0 Å². The first-order valence-corrected chi connectivity index (χ1v) is 16.0. The van der Waals surface area contributed by atoms with Gasteiger partial charge < -0.3 is 65.3 Å². The summed E-state index contributed by atoms with van der Waals surface area (Å²) in [5.74, 6) is -2.47. The maximum Gasteiger partial charge on any atom is 0.252 e. The fraction of sp³-hybridized carbons (Fsp3) is 0.607. The Bertz CT molecular complexity index is 1530. The third-order valence-electron chi connectivity index (χ3n) is 7.74. The Hall–Kier alpha value is -5.35. The molecule has 0 saturated carbocycles. The van der Waals surface area contributed by atoms with Gasteiger partial charge in [-0.05, 0) is 38.5 Å². The molecule has 276 valence electrons. The molecule has 22 heteroatoms. The summed E-state index contributed by atoms with van der Waals surface area (Å²) in [6, 6.07) is -1.99. The summed E-state index contributed by atoms with van der Waals surface area (Å²) in [5.41, 5.74) is 33.2. The predicted octanol–water partition coefficient (Wildman–Crippen LogP) is -4.73. The van der Waals surface area contributed by atoms with Crippen molar-refractivity contribution in [1.29, 1.82) is 0 Å². The predicted molar refractivity (Wildman–Crippen MR) is 180 cm³/mol. The van der Waals surface area contributed by atoms with Gasteiger partial charge in [0, 0.05) is 26.1 Å². The van der Waals surface area contributed by atoms with Crippen LogP contribution in [0.15, 0.2) is 22.6 Å². The van der Waals surface area contributed by atoms with E-state index in [-0.39, 0.29) is 67.8 Å². The molecule has 3 rings (SSSR count). The van der Waals surface area contributed by atoms with Crippen molar-refractivity contribution in [3.05, 3.63) is 12.7 Å². The number of anilines is 1. The minimum absolute atomic E-state index is 0.0780. The SMILES string of the molecule is NC(=O)[C@@H](CCCN=C(N)N)NC(=O)[C@@H](CCCN=C(N)N)NC(=O)CCCCCNC(=O)[C@H]1O[C@@H](n2cnc3c(N)ncnc32)[C@H](O)[C@@H]1O. The third-order valence-corrected chi connectivity index (χ3v) is 7.74. The van der Waals surface area contributed by atoms with Crippen LogP contribution in [-0.4, -0.2) is 115 Å². The summed E-state index contributed by atoms with van der Waals surface area (Å²) in [4.78, 5) is 70.3. The van der Waals surface area contributed by atoms with Gasteiger partial charge >= 0.3 is 0 Å². The summed E-state index contributed by atoms with van der Waals surface area (Å²) in [7, 11) is 0. The molecule has 0 aromatic carbocycles. The molecule has 1 saturated heterocycles. The Morgan fingerprint density at radius 2 is 1.52 bits per heavy atom. The molecular formula is C28H47N15O7. The molecule has 4 amide bonds. The molecule has 0 aliphatic carbocycles. The van der Waals surface area contributed by atoms with Gasteiger partial charge in [0.1, 0.15) is 36.1 Å². The molecule has 17 N–H and O–H groups in total. The fourth-order valence-electron chi connectivity index (χ4n) is 5.16. The molecule has 3 heterocycles. The number of nitrogens with zero attached hydrogens (tertiary/aromatic N) is 6. The second-order valence-corrected chi connectivity index (χ2v) is 11.6. The maximum absolute atomic E-state index is 13.1. The van der Waals surface area contributed by atoms with Crippen LogP contribution in [0, 0.1) is 0 Å². The van der Waals surface area contributed by atoms with Crippen molar-refractivity contribution < 1.29 is 34.1 Å². The summed E-state index contributed by atoms with van der Waals surface area (Å²) in [6.07, 6.45) is -0.299. The molecular weight excluding hydrogens is 658 g/mol. The van der Waals surface area contributed by atoms with Crippen LogP contribution in [0.2, 0.25) is 0 Å². The number of nitrogen functional groups attached to an aromatic ring is 1. The van der Waals surface area contributed by atoms with E-state index in [4.69, 9.17) is 39.1 Å². The van der Waals surface area contributed by atoms with Gasteiger partial charge in [-0.1, -0.05) is 6.42 Å². The van der Waals surface area contributed by atoms with Crippen LogP contribution in [0.3, 0.4) is 0 Å². The number of hydrogen-bond acceptors (Lipinski definition) is 13. The van der Waals surface area contributed by atoms with E-state index in [2.05, 4.69) is 40.9 Å². The van der Waals surface area contributed by atoms with Gasteiger partial charge in [-0.2, -0.15) is 0 Å². The average Bonchev–Trinajstić information content (AvgIpc) is 3.62. The number of nitrogens with two attached hydrogens (primary N) is 6. The first-order chi connectivity index (χ1) is 23.8. The molecule has 6 atom stereocenters. The summed E-state index contributed by atoms with van der Waals surface area (Å²) in [6.45, 7) is 0.665. The van der Waals surface area contributed by atoms with Crippen molar-refractivity contribution in [1.82, 2.24) is 35.5 Å². The standard InChI is InChI=1S/C28H47N15O7/c29-21-17-23(39-12-38-21)43(13-40-17)26-19(46)18(45)20(50-26)25(49)35-9-3-1-2-8-16(44)41-15(7-5-11-37-28(33)34)24(48)42-14(22(30)47)6-4-10-36-27(31)32/h12-15,18-20,26,45-46H,1-11H2,(H2,30,47)(H,35,49)(H,41,44)(H,42,48)(H2,29,38,39)(H4,31,32,36)(H4,33,34,37)/t14-,15-,18+,19-,20+,26-/m1/s1. The zero-order chi connectivity index (χ0) is 36.8.